The monoisotopic (exact) mass is 348 g/mol. The number of hydrogen-bond acceptors (Lipinski definition) is 4. The number of halogens is 3. The van der Waals surface area contributed by atoms with Crippen molar-refractivity contribution in [2.45, 2.75) is 5.16 Å². The predicted octanol–water partition coefficient (Wildman–Crippen LogP) is 4.55. The smallest absolute Gasteiger partial charge is 0.224 e. The highest BCUT2D eigenvalue weighted by molar-refractivity contribution is 9.10. The molecule has 0 spiro atoms. The van der Waals surface area contributed by atoms with Crippen LogP contribution in [0.2, 0.25) is 5.15 Å². The normalized spacial score (nSPS) is 10.4. The van der Waals surface area contributed by atoms with Gasteiger partial charge in [0.25, 0.3) is 0 Å². The van der Waals surface area contributed by atoms with E-state index in [1.54, 1.807) is 0 Å². The lowest BCUT2D eigenvalue weighted by molar-refractivity contribution is 0.453. The zero-order chi connectivity index (χ0) is 13.1. The Morgan fingerprint density at radius 2 is 2.11 bits per heavy atom. The van der Waals surface area contributed by atoms with Crippen molar-refractivity contribution >= 4 is 39.3 Å². The van der Waals surface area contributed by atoms with Crippen molar-refractivity contribution in [1.82, 2.24) is 9.97 Å². The largest absolute Gasteiger partial charge is 0.439 e. The molecule has 18 heavy (non-hydrogen) atoms. The number of benzene rings is 1. The second-order valence-electron chi connectivity index (χ2n) is 3.19. The van der Waals surface area contributed by atoms with E-state index in [1.807, 2.05) is 6.26 Å². The van der Waals surface area contributed by atoms with Gasteiger partial charge in [-0.3, -0.25) is 0 Å². The summed E-state index contributed by atoms with van der Waals surface area (Å²) in [6.07, 6.45) is 1.84. The quantitative estimate of drug-likeness (QED) is 0.463. The Hall–Kier alpha value is -0.850. The molecular formula is C11H7BrClFN2OS. The van der Waals surface area contributed by atoms with Gasteiger partial charge in [-0.05, 0) is 40.4 Å². The maximum Gasteiger partial charge on any atom is 0.224 e. The van der Waals surface area contributed by atoms with Crippen molar-refractivity contribution in [2.24, 2.45) is 0 Å². The molecular weight excluding hydrogens is 343 g/mol. The van der Waals surface area contributed by atoms with Crippen LogP contribution in [0.25, 0.3) is 0 Å². The minimum absolute atomic E-state index is 0.297. The van der Waals surface area contributed by atoms with E-state index in [0.717, 1.165) is 0 Å². The molecule has 0 N–H and O–H groups in total. The molecule has 94 valence electrons. The summed E-state index contributed by atoms with van der Waals surface area (Å²) < 4.78 is 18.9. The van der Waals surface area contributed by atoms with Crippen molar-refractivity contribution in [3.8, 4) is 11.6 Å². The van der Waals surface area contributed by atoms with Gasteiger partial charge in [0.05, 0.1) is 4.47 Å². The fraction of sp³-hybridized carbons (Fsp3) is 0.0909. The fourth-order valence-corrected chi connectivity index (χ4v) is 2.13. The molecule has 2 aromatic rings. The van der Waals surface area contributed by atoms with Crippen LogP contribution in [-0.4, -0.2) is 16.2 Å². The highest BCUT2D eigenvalue weighted by atomic mass is 79.9. The molecule has 0 bridgehead atoms. The van der Waals surface area contributed by atoms with Gasteiger partial charge in [-0.2, -0.15) is 4.98 Å². The number of rotatable bonds is 3. The first-order chi connectivity index (χ1) is 8.58. The number of aromatic nitrogens is 2. The second-order valence-corrected chi connectivity index (χ2v) is 5.21. The molecule has 0 atom stereocenters. The number of thioether (sulfide) groups is 1. The van der Waals surface area contributed by atoms with E-state index >= 15 is 0 Å². The zero-order valence-corrected chi connectivity index (χ0v) is 12.3. The molecule has 0 aliphatic carbocycles. The van der Waals surface area contributed by atoms with Crippen LogP contribution in [0.3, 0.4) is 0 Å². The third kappa shape index (κ3) is 3.34. The van der Waals surface area contributed by atoms with Crippen LogP contribution in [0.15, 0.2) is 33.9 Å². The highest BCUT2D eigenvalue weighted by Crippen LogP contribution is 2.27. The number of hydrogen-bond donors (Lipinski definition) is 0. The van der Waals surface area contributed by atoms with Crippen LogP contribution in [0.5, 0.6) is 11.6 Å². The Bertz CT molecular complexity index is 585. The molecule has 2 rings (SSSR count). The van der Waals surface area contributed by atoms with Crippen LogP contribution < -0.4 is 4.74 Å². The van der Waals surface area contributed by atoms with Crippen molar-refractivity contribution in [3.63, 3.8) is 0 Å². The SMILES string of the molecule is CSc1nc(Cl)cc(Oc2ccc(F)c(Br)c2)n1. The van der Waals surface area contributed by atoms with Crippen LogP contribution in [-0.2, 0) is 0 Å². The van der Waals surface area contributed by atoms with Gasteiger partial charge in [-0.1, -0.05) is 23.4 Å². The third-order valence-electron chi connectivity index (χ3n) is 1.95. The molecule has 1 aromatic heterocycles. The molecule has 7 heteroatoms. The summed E-state index contributed by atoms with van der Waals surface area (Å²) >= 11 is 10.3. The summed E-state index contributed by atoms with van der Waals surface area (Å²) in [6.45, 7) is 0. The van der Waals surface area contributed by atoms with Gasteiger partial charge in [-0.25, -0.2) is 9.37 Å². The molecule has 0 saturated carbocycles. The Morgan fingerprint density at radius 3 is 2.78 bits per heavy atom. The average molecular weight is 350 g/mol. The van der Waals surface area contributed by atoms with Gasteiger partial charge in [0.1, 0.15) is 16.7 Å². The van der Waals surface area contributed by atoms with E-state index in [1.165, 1.54) is 36.0 Å². The van der Waals surface area contributed by atoms with Crippen molar-refractivity contribution in [3.05, 3.63) is 39.7 Å². The molecule has 1 aromatic carbocycles. The predicted molar refractivity (Wildman–Crippen MR) is 73.0 cm³/mol. The molecule has 0 unspecified atom stereocenters. The van der Waals surface area contributed by atoms with Crippen LogP contribution >= 0.6 is 39.3 Å². The fourth-order valence-electron chi connectivity index (χ4n) is 1.18. The third-order valence-corrected chi connectivity index (χ3v) is 3.30. The molecule has 0 saturated heterocycles. The van der Waals surface area contributed by atoms with E-state index < -0.39 is 0 Å². The summed E-state index contributed by atoms with van der Waals surface area (Å²) in [6, 6.07) is 5.83. The second kappa shape index (κ2) is 5.86. The van der Waals surface area contributed by atoms with Crippen LogP contribution in [0, 0.1) is 5.82 Å². The molecule has 3 nitrogen and oxygen atoms in total. The van der Waals surface area contributed by atoms with E-state index in [-0.39, 0.29) is 5.82 Å². The molecule has 0 aliphatic rings. The molecule has 0 radical (unpaired) electrons. The molecule has 0 fully saturated rings. The Labute approximate surface area is 121 Å². The lowest BCUT2D eigenvalue weighted by atomic mass is 10.3. The minimum Gasteiger partial charge on any atom is -0.439 e. The van der Waals surface area contributed by atoms with Gasteiger partial charge >= 0.3 is 0 Å². The molecule has 1 heterocycles. The first-order valence-electron chi connectivity index (χ1n) is 4.80. The number of ether oxygens (including phenoxy) is 1. The van der Waals surface area contributed by atoms with Gasteiger partial charge in [0.15, 0.2) is 5.16 Å². The van der Waals surface area contributed by atoms with E-state index in [9.17, 15) is 4.39 Å². The molecule has 0 aliphatic heterocycles. The van der Waals surface area contributed by atoms with Gasteiger partial charge in [0, 0.05) is 6.07 Å². The van der Waals surface area contributed by atoms with Gasteiger partial charge in [0.2, 0.25) is 5.88 Å². The number of nitrogens with zero attached hydrogens (tertiary/aromatic N) is 2. The average Bonchev–Trinajstić information content (AvgIpc) is 2.33. The first kappa shape index (κ1) is 13.6. The van der Waals surface area contributed by atoms with E-state index in [4.69, 9.17) is 16.3 Å². The summed E-state index contributed by atoms with van der Waals surface area (Å²) in [7, 11) is 0. The van der Waals surface area contributed by atoms with Crippen LogP contribution in [0.4, 0.5) is 4.39 Å². The lowest BCUT2D eigenvalue weighted by Gasteiger charge is -2.06. The lowest BCUT2D eigenvalue weighted by Crippen LogP contribution is -1.93. The molecule has 0 amide bonds. The zero-order valence-electron chi connectivity index (χ0n) is 9.15. The Balaban J connectivity index is 2.27. The summed E-state index contributed by atoms with van der Waals surface area (Å²) in [5, 5.41) is 0.809. The summed E-state index contributed by atoms with van der Waals surface area (Å²) in [5.41, 5.74) is 0. The van der Waals surface area contributed by atoms with Crippen LogP contribution in [0.1, 0.15) is 0 Å². The Kier molecular flexibility index (Phi) is 4.42. The van der Waals surface area contributed by atoms with Crippen molar-refractivity contribution < 1.29 is 9.13 Å². The minimum atomic E-state index is -0.354. The van der Waals surface area contributed by atoms with Gasteiger partial charge < -0.3 is 4.74 Å². The topological polar surface area (TPSA) is 35.0 Å². The Morgan fingerprint density at radius 1 is 1.33 bits per heavy atom. The highest BCUT2D eigenvalue weighted by Gasteiger charge is 2.06. The maximum absolute atomic E-state index is 13.1. The van der Waals surface area contributed by atoms with E-state index in [0.29, 0.717) is 26.4 Å². The summed E-state index contributed by atoms with van der Waals surface area (Å²) in [4.78, 5) is 8.13. The summed E-state index contributed by atoms with van der Waals surface area (Å²) in [5.74, 6) is 0.427. The first-order valence-corrected chi connectivity index (χ1v) is 7.19. The van der Waals surface area contributed by atoms with Crippen molar-refractivity contribution in [1.29, 1.82) is 0 Å². The maximum atomic E-state index is 13.1. The van der Waals surface area contributed by atoms with Gasteiger partial charge in [-0.15, -0.1) is 0 Å². The van der Waals surface area contributed by atoms with E-state index in [2.05, 4.69) is 25.9 Å². The van der Waals surface area contributed by atoms with Crippen molar-refractivity contribution in [2.75, 3.05) is 6.26 Å². The standard InChI is InChI=1S/C11H7BrClFN2OS/c1-18-11-15-9(13)5-10(16-11)17-6-2-3-8(14)7(12)4-6/h2-5H,1H3.